The van der Waals surface area contributed by atoms with Gasteiger partial charge in [0.2, 0.25) is 0 Å². The van der Waals surface area contributed by atoms with E-state index in [-0.39, 0.29) is 0 Å². The fourth-order valence-corrected chi connectivity index (χ4v) is 0.715. The molecule has 0 aromatic rings. The van der Waals surface area contributed by atoms with Crippen molar-refractivity contribution in [1.29, 1.82) is 0 Å². The van der Waals surface area contributed by atoms with Gasteiger partial charge in [0.1, 0.15) is 6.79 Å². The quantitative estimate of drug-likeness (QED) is 0.417. The van der Waals surface area contributed by atoms with Gasteiger partial charge in [-0.15, -0.1) is 0 Å². The highest BCUT2D eigenvalue weighted by Gasteiger charge is 2.44. The Morgan fingerprint density at radius 1 is 1.17 bits per heavy atom. The lowest BCUT2D eigenvalue weighted by Crippen LogP contribution is -1.87. The van der Waals surface area contributed by atoms with Crippen molar-refractivity contribution in [3.8, 4) is 0 Å². The second-order valence-electron chi connectivity index (χ2n) is 1.76. The molecule has 1 aliphatic heterocycles. The van der Waals surface area contributed by atoms with Gasteiger partial charge in [-0.2, -0.15) is 0 Å². The summed E-state index contributed by atoms with van der Waals surface area (Å²) in [6.45, 7) is 0.537. The first-order chi connectivity index (χ1) is 2.97. The lowest BCUT2D eigenvalue weighted by atomic mass is 10.8. The Morgan fingerprint density at radius 2 is 1.83 bits per heavy atom. The predicted molar refractivity (Wildman–Crippen MR) is 19.2 cm³/mol. The third-order valence-electron chi connectivity index (χ3n) is 1.24. The first kappa shape index (κ1) is 2.99. The molecule has 2 atom stereocenters. The summed E-state index contributed by atoms with van der Waals surface area (Å²) < 4.78 is 10.0. The molecule has 2 fully saturated rings. The van der Waals surface area contributed by atoms with E-state index >= 15 is 0 Å². The zero-order valence-electron chi connectivity index (χ0n) is 3.39. The molecule has 1 heterocycles. The van der Waals surface area contributed by atoms with Crippen LogP contribution in [-0.4, -0.2) is 19.0 Å². The maximum atomic E-state index is 5.00. The van der Waals surface area contributed by atoms with Gasteiger partial charge in [-0.25, -0.2) is 0 Å². The van der Waals surface area contributed by atoms with Gasteiger partial charge in [0.25, 0.3) is 0 Å². The van der Waals surface area contributed by atoms with Crippen molar-refractivity contribution >= 4 is 0 Å². The molecule has 2 nitrogen and oxygen atoms in total. The summed E-state index contributed by atoms with van der Waals surface area (Å²) in [6, 6.07) is 0. The van der Waals surface area contributed by atoms with Crippen LogP contribution in [0.25, 0.3) is 0 Å². The van der Waals surface area contributed by atoms with Crippen LogP contribution in [0.15, 0.2) is 0 Å². The summed E-state index contributed by atoms with van der Waals surface area (Å²) in [5.74, 6) is 0. The molecule has 1 aliphatic carbocycles. The molecule has 0 amide bonds. The summed E-state index contributed by atoms with van der Waals surface area (Å²) in [7, 11) is 0. The van der Waals surface area contributed by atoms with Crippen molar-refractivity contribution in [1.82, 2.24) is 0 Å². The van der Waals surface area contributed by atoms with E-state index in [9.17, 15) is 0 Å². The minimum Gasteiger partial charge on any atom is -0.349 e. The molecule has 0 spiro atoms. The Kier molecular flexibility index (Phi) is 0.383. The zero-order chi connectivity index (χ0) is 3.98. The van der Waals surface area contributed by atoms with Gasteiger partial charge in [0.05, 0.1) is 12.2 Å². The van der Waals surface area contributed by atoms with Gasteiger partial charge in [0, 0.05) is 6.42 Å². The van der Waals surface area contributed by atoms with E-state index < -0.39 is 0 Å². The van der Waals surface area contributed by atoms with E-state index in [4.69, 9.17) is 9.47 Å². The zero-order valence-corrected chi connectivity index (χ0v) is 3.39. The van der Waals surface area contributed by atoms with Crippen LogP contribution < -0.4 is 0 Å². The summed E-state index contributed by atoms with van der Waals surface area (Å²) in [5, 5.41) is 0. The Labute approximate surface area is 36.0 Å². The number of hydrogen-bond donors (Lipinski definition) is 0. The molecule has 0 aromatic heterocycles. The highest BCUT2D eigenvalue weighted by Crippen LogP contribution is 2.33. The Balaban J connectivity index is 2.09. The molecule has 2 aliphatic rings. The largest absolute Gasteiger partial charge is 0.349 e. The van der Waals surface area contributed by atoms with E-state index in [1.54, 1.807) is 0 Å². The summed E-state index contributed by atoms with van der Waals surface area (Å²) >= 11 is 0. The lowest BCUT2D eigenvalue weighted by molar-refractivity contribution is 0.0131. The van der Waals surface area contributed by atoms with Crippen LogP contribution in [0.4, 0.5) is 0 Å². The van der Waals surface area contributed by atoms with Crippen molar-refractivity contribution in [2.45, 2.75) is 18.6 Å². The molecule has 34 valence electrons. The fourth-order valence-electron chi connectivity index (χ4n) is 0.715. The molecule has 1 saturated carbocycles. The van der Waals surface area contributed by atoms with Crippen molar-refractivity contribution < 1.29 is 9.47 Å². The normalized spacial score (nSPS) is 52.0. The topological polar surface area (TPSA) is 18.5 Å². The van der Waals surface area contributed by atoms with Gasteiger partial charge < -0.3 is 9.47 Å². The molecule has 2 rings (SSSR count). The standard InChI is InChI=1S/C4H6O2/c1-3-4(1)6-2-5-3/h3-4H,1-2H2. The Morgan fingerprint density at radius 3 is 2.00 bits per heavy atom. The second kappa shape index (κ2) is 0.768. The first-order valence-electron chi connectivity index (χ1n) is 2.20. The summed E-state index contributed by atoms with van der Waals surface area (Å²) in [6.07, 6.45) is 2.12. The van der Waals surface area contributed by atoms with E-state index in [0.717, 1.165) is 6.42 Å². The molecule has 6 heavy (non-hydrogen) atoms. The van der Waals surface area contributed by atoms with Crippen LogP contribution >= 0.6 is 0 Å². The van der Waals surface area contributed by atoms with Crippen LogP contribution in [0.3, 0.4) is 0 Å². The first-order valence-corrected chi connectivity index (χ1v) is 2.20. The number of rotatable bonds is 0. The molecular formula is C4H6O2. The van der Waals surface area contributed by atoms with Gasteiger partial charge in [0.15, 0.2) is 0 Å². The summed E-state index contributed by atoms with van der Waals surface area (Å²) in [4.78, 5) is 0. The maximum absolute atomic E-state index is 5.00. The third kappa shape index (κ3) is 0.235. The fraction of sp³-hybridized carbons (Fsp3) is 1.00. The van der Waals surface area contributed by atoms with E-state index in [0.29, 0.717) is 19.0 Å². The molecule has 0 radical (unpaired) electrons. The van der Waals surface area contributed by atoms with E-state index in [2.05, 4.69) is 0 Å². The highest BCUT2D eigenvalue weighted by molar-refractivity contribution is 4.91. The van der Waals surface area contributed by atoms with Crippen molar-refractivity contribution in [2.75, 3.05) is 6.79 Å². The van der Waals surface area contributed by atoms with Crippen LogP contribution in [0, 0.1) is 0 Å². The van der Waals surface area contributed by atoms with Crippen molar-refractivity contribution in [2.24, 2.45) is 0 Å². The predicted octanol–water partition coefficient (Wildman–Crippen LogP) is 0.132. The molecule has 1 saturated heterocycles. The SMILES string of the molecule is C1OC2CC2O1. The monoisotopic (exact) mass is 86.0 g/mol. The van der Waals surface area contributed by atoms with Crippen LogP contribution in [0.1, 0.15) is 6.42 Å². The van der Waals surface area contributed by atoms with Crippen LogP contribution in [0.2, 0.25) is 0 Å². The van der Waals surface area contributed by atoms with Gasteiger partial charge in [-0.3, -0.25) is 0 Å². The molecule has 2 unspecified atom stereocenters. The second-order valence-corrected chi connectivity index (χ2v) is 1.76. The van der Waals surface area contributed by atoms with Gasteiger partial charge >= 0.3 is 0 Å². The van der Waals surface area contributed by atoms with Gasteiger partial charge in [-0.05, 0) is 0 Å². The van der Waals surface area contributed by atoms with Crippen molar-refractivity contribution in [3.05, 3.63) is 0 Å². The smallest absolute Gasteiger partial charge is 0.147 e. The van der Waals surface area contributed by atoms with E-state index in [1.165, 1.54) is 0 Å². The van der Waals surface area contributed by atoms with Crippen LogP contribution in [0.5, 0.6) is 0 Å². The Bertz CT molecular complexity index is 63.9. The summed E-state index contributed by atoms with van der Waals surface area (Å²) in [5.41, 5.74) is 0. The molecule has 0 bridgehead atoms. The highest BCUT2D eigenvalue weighted by atomic mass is 16.7. The number of hydrogen-bond acceptors (Lipinski definition) is 2. The third-order valence-corrected chi connectivity index (χ3v) is 1.24. The number of ether oxygens (including phenoxy) is 2. The molecule has 0 N–H and O–H groups in total. The lowest BCUT2D eigenvalue weighted by Gasteiger charge is -1.87. The minimum absolute atomic E-state index is 0.491. The van der Waals surface area contributed by atoms with Crippen LogP contribution in [-0.2, 0) is 9.47 Å². The van der Waals surface area contributed by atoms with Crippen molar-refractivity contribution in [3.63, 3.8) is 0 Å². The number of fused-ring (bicyclic) bond motifs is 1. The Hall–Kier alpha value is -0.0800. The average Bonchev–Trinajstić information content (AvgIpc) is 2.17. The molecule has 2 heteroatoms. The molecular weight excluding hydrogens is 80.0 g/mol. The maximum Gasteiger partial charge on any atom is 0.147 e. The van der Waals surface area contributed by atoms with E-state index in [1.807, 2.05) is 0 Å². The average molecular weight is 86.1 g/mol. The minimum atomic E-state index is 0.491. The van der Waals surface area contributed by atoms with Gasteiger partial charge in [-0.1, -0.05) is 0 Å². The molecule has 0 aromatic carbocycles.